The van der Waals surface area contributed by atoms with E-state index in [0.29, 0.717) is 36.5 Å². The van der Waals surface area contributed by atoms with E-state index in [1.165, 1.54) is 10.5 Å². The molecule has 3 rings (SSSR count). The first-order valence-corrected chi connectivity index (χ1v) is 10.8. The normalized spacial score (nSPS) is 16.4. The molecule has 1 aliphatic heterocycles. The van der Waals surface area contributed by atoms with E-state index in [-0.39, 0.29) is 16.7 Å². The second-order valence-electron chi connectivity index (χ2n) is 6.75. The maximum Gasteiger partial charge on any atom is 0.243 e. The zero-order valence-corrected chi connectivity index (χ0v) is 17.1. The van der Waals surface area contributed by atoms with Gasteiger partial charge in [0.1, 0.15) is 0 Å². The molecule has 2 aromatic rings. The smallest absolute Gasteiger partial charge is 0.243 e. The summed E-state index contributed by atoms with van der Waals surface area (Å²) >= 11 is 6.04. The lowest BCUT2D eigenvalue weighted by molar-refractivity contribution is -0.126. The predicted molar refractivity (Wildman–Crippen MR) is 110 cm³/mol. The first kappa shape index (κ1) is 20.5. The number of piperidine rings is 1. The van der Waals surface area contributed by atoms with E-state index >= 15 is 0 Å². The summed E-state index contributed by atoms with van der Waals surface area (Å²) in [6, 6.07) is 14.0. The van der Waals surface area contributed by atoms with E-state index in [2.05, 4.69) is 10.5 Å². The summed E-state index contributed by atoms with van der Waals surface area (Å²) in [7, 11) is -3.53. The van der Waals surface area contributed by atoms with Gasteiger partial charge in [0.05, 0.1) is 11.1 Å². The largest absolute Gasteiger partial charge is 0.273 e. The fourth-order valence-electron chi connectivity index (χ4n) is 3.05. The number of nitrogens with zero attached hydrogens (tertiary/aromatic N) is 2. The first-order chi connectivity index (χ1) is 13.4. The fraction of sp³-hybridized carbons (Fsp3) is 0.300. The molecular weight excluding hydrogens is 398 g/mol. The van der Waals surface area contributed by atoms with Crippen LogP contribution in [-0.2, 0) is 14.8 Å². The Labute approximate surface area is 170 Å². The first-order valence-electron chi connectivity index (χ1n) is 9.02. The number of halogens is 1. The van der Waals surface area contributed by atoms with Crippen molar-refractivity contribution in [2.75, 3.05) is 13.1 Å². The van der Waals surface area contributed by atoms with E-state index in [1.807, 2.05) is 19.1 Å². The number of benzene rings is 2. The number of sulfonamides is 1. The Kier molecular flexibility index (Phi) is 6.49. The van der Waals surface area contributed by atoms with E-state index in [0.717, 1.165) is 5.56 Å². The van der Waals surface area contributed by atoms with Gasteiger partial charge < -0.3 is 0 Å². The van der Waals surface area contributed by atoms with Crippen LogP contribution in [0.4, 0.5) is 0 Å². The topological polar surface area (TPSA) is 78.8 Å². The molecule has 0 spiro atoms. The Hall–Kier alpha value is -2.22. The van der Waals surface area contributed by atoms with Gasteiger partial charge in [0.2, 0.25) is 15.9 Å². The Balaban J connectivity index is 1.55. The van der Waals surface area contributed by atoms with Crippen molar-refractivity contribution in [1.29, 1.82) is 0 Å². The van der Waals surface area contributed by atoms with Gasteiger partial charge in [0.25, 0.3) is 0 Å². The SMILES string of the molecule is Cc1ccc(S(=O)(=O)N2CCC(C(=O)N/N=C\c3ccccc3Cl)CC2)cc1. The average molecular weight is 420 g/mol. The molecule has 28 heavy (non-hydrogen) atoms. The second-order valence-corrected chi connectivity index (χ2v) is 9.09. The summed E-state index contributed by atoms with van der Waals surface area (Å²) < 4.78 is 26.9. The highest BCUT2D eigenvalue weighted by Gasteiger charge is 2.31. The minimum atomic E-state index is -3.53. The zero-order chi connectivity index (χ0) is 20.1. The predicted octanol–water partition coefficient (Wildman–Crippen LogP) is 3.20. The molecule has 0 atom stereocenters. The molecule has 0 aromatic heterocycles. The summed E-state index contributed by atoms with van der Waals surface area (Å²) in [6.45, 7) is 2.53. The molecule has 1 aliphatic rings. The Morgan fingerprint density at radius 2 is 1.79 bits per heavy atom. The van der Waals surface area contributed by atoms with Gasteiger partial charge in [0.15, 0.2) is 0 Å². The second kappa shape index (κ2) is 8.86. The fourth-order valence-corrected chi connectivity index (χ4v) is 4.71. The summed E-state index contributed by atoms with van der Waals surface area (Å²) in [6.07, 6.45) is 2.41. The minimum absolute atomic E-state index is 0.212. The lowest BCUT2D eigenvalue weighted by atomic mass is 9.98. The van der Waals surface area contributed by atoms with Crippen LogP contribution in [0.3, 0.4) is 0 Å². The molecule has 2 aromatic carbocycles. The number of aryl methyl sites for hydroxylation is 1. The molecule has 8 heteroatoms. The number of nitrogens with one attached hydrogen (secondary N) is 1. The number of hydrogen-bond donors (Lipinski definition) is 1. The van der Waals surface area contributed by atoms with Gasteiger partial charge in [0, 0.05) is 29.6 Å². The molecule has 0 unspecified atom stereocenters. The molecule has 0 bridgehead atoms. The maximum absolute atomic E-state index is 12.7. The summed E-state index contributed by atoms with van der Waals surface area (Å²) in [5.74, 6) is -0.483. The highest BCUT2D eigenvalue weighted by atomic mass is 35.5. The van der Waals surface area contributed by atoms with Crippen molar-refractivity contribution in [3.05, 3.63) is 64.7 Å². The molecule has 148 valence electrons. The summed E-state index contributed by atoms with van der Waals surface area (Å²) in [5.41, 5.74) is 4.24. The van der Waals surface area contributed by atoms with Gasteiger partial charge in [-0.05, 0) is 38.0 Å². The van der Waals surface area contributed by atoms with Crippen LogP contribution in [0.1, 0.15) is 24.0 Å². The molecular formula is C20H22ClN3O3S. The third-order valence-electron chi connectivity index (χ3n) is 4.77. The number of hydrogen-bond acceptors (Lipinski definition) is 4. The molecule has 1 N–H and O–H groups in total. The molecule has 0 aliphatic carbocycles. The maximum atomic E-state index is 12.7. The van der Waals surface area contributed by atoms with Gasteiger partial charge in [-0.1, -0.05) is 47.5 Å². The highest BCUT2D eigenvalue weighted by Crippen LogP contribution is 2.24. The number of carbonyl (C=O) groups is 1. The van der Waals surface area contributed by atoms with Gasteiger partial charge >= 0.3 is 0 Å². The van der Waals surface area contributed by atoms with E-state index < -0.39 is 10.0 Å². The molecule has 1 saturated heterocycles. The summed E-state index contributed by atoms with van der Waals surface area (Å²) in [4.78, 5) is 12.6. The van der Waals surface area contributed by atoms with Crippen LogP contribution in [0.25, 0.3) is 0 Å². The average Bonchev–Trinajstić information content (AvgIpc) is 2.70. The lowest BCUT2D eigenvalue weighted by Gasteiger charge is -2.30. The van der Waals surface area contributed by atoms with Crippen molar-refractivity contribution in [1.82, 2.24) is 9.73 Å². The van der Waals surface area contributed by atoms with Crippen LogP contribution in [0, 0.1) is 12.8 Å². The van der Waals surface area contributed by atoms with E-state index in [4.69, 9.17) is 11.6 Å². The van der Waals surface area contributed by atoms with Gasteiger partial charge in [-0.15, -0.1) is 0 Å². The van der Waals surface area contributed by atoms with Crippen molar-refractivity contribution >= 4 is 33.7 Å². The van der Waals surface area contributed by atoms with Crippen LogP contribution in [0.5, 0.6) is 0 Å². The van der Waals surface area contributed by atoms with Gasteiger partial charge in [-0.3, -0.25) is 4.79 Å². The van der Waals surface area contributed by atoms with Crippen LogP contribution < -0.4 is 5.43 Å². The highest BCUT2D eigenvalue weighted by molar-refractivity contribution is 7.89. The van der Waals surface area contributed by atoms with E-state index in [1.54, 1.807) is 36.4 Å². The van der Waals surface area contributed by atoms with Crippen molar-refractivity contribution in [2.45, 2.75) is 24.7 Å². The lowest BCUT2D eigenvalue weighted by Crippen LogP contribution is -2.42. The van der Waals surface area contributed by atoms with Crippen molar-refractivity contribution < 1.29 is 13.2 Å². The quantitative estimate of drug-likeness (QED) is 0.597. The minimum Gasteiger partial charge on any atom is -0.273 e. The molecule has 1 heterocycles. The summed E-state index contributed by atoms with van der Waals surface area (Å²) in [5, 5.41) is 4.51. The van der Waals surface area contributed by atoms with Crippen molar-refractivity contribution in [3.63, 3.8) is 0 Å². The third-order valence-corrected chi connectivity index (χ3v) is 7.02. The van der Waals surface area contributed by atoms with Gasteiger partial charge in [-0.25, -0.2) is 13.8 Å². The van der Waals surface area contributed by atoms with Crippen LogP contribution in [0.2, 0.25) is 5.02 Å². The van der Waals surface area contributed by atoms with Crippen LogP contribution in [0.15, 0.2) is 58.5 Å². The molecule has 1 amide bonds. The Morgan fingerprint density at radius 1 is 1.14 bits per heavy atom. The Bertz CT molecular complexity index is 966. The van der Waals surface area contributed by atoms with Crippen LogP contribution in [-0.4, -0.2) is 37.9 Å². The van der Waals surface area contributed by atoms with Gasteiger partial charge in [-0.2, -0.15) is 9.41 Å². The standard InChI is InChI=1S/C20H22ClN3O3S/c1-15-6-8-18(9-7-15)28(26,27)24-12-10-16(11-13-24)20(25)23-22-14-17-4-2-3-5-19(17)21/h2-9,14,16H,10-13H2,1H3,(H,23,25)/b22-14-. The number of carbonyl (C=O) groups excluding carboxylic acids is 1. The zero-order valence-electron chi connectivity index (χ0n) is 15.5. The number of hydrazone groups is 1. The van der Waals surface area contributed by atoms with E-state index in [9.17, 15) is 13.2 Å². The number of amides is 1. The molecule has 0 radical (unpaired) electrons. The Morgan fingerprint density at radius 3 is 2.43 bits per heavy atom. The third kappa shape index (κ3) is 4.79. The number of rotatable bonds is 5. The van der Waals surface area contributed by atoms with Crippen molar-refractivity contribution in [3.8, 4) is 0 Å². The van der Waals surface area contributed by atoms with Crippen molar-refractivity contribution in [2.24, 2.45) is 11.0 Å². The monoisotopic (exact) mass is 419 g/mol. The molecule has 0 saturated carbocycles. The van der Waals surface area contributed by atoms with Crippen LogP contribution >= 0.6 is 11.6 Å². The molecule has 6 nitrogen and oxygen atoms in total. The molecule has 1 fully saturated rings.